The quantitative estimate of drug-likeness (QED) is 0.314. The molecule has 1 aliphatic rings. The van der Waals surface area contributed by atoms with Crippen LogP contribution in [0.5, 0.6) is 0 Å². The number of nitro benzene ring substituents is 1. The van der Waals surface area contributed by atoms with Gasteiger partial charge in [0.1, 0.15) is 5.82 Å². The molecule has 12 nitrogen and oxygen atoms in total. The van der Waals surface area contributed by atoms with Gasteiger partial charge in [0.15, 0.2) is 11.2 Å². The lowest BCUT2D eigenvalue weighted by Crippen LogP contribution is -2.39. The molecule has 1 fully saturated rings. The normalized spacial score (nSPS) is 17.0. The first-order valence-corrected chi connectivity index (χ1v) is 12.4. The van der Waals surface area contributed by atoms with E-state index in [1.165, 1.54) is 28.6 Å². The molecule has 1 saturated heterocycles. The van der Waals surface area contributed by atoms with E-state index in [2.05, 4.69) is 20.3 Å². The molecular weight excluding hydrogens is 474 g/mol. The van der Waals surface area contributed by atoms with Gasteiger partial charge in [0.25, 0.3) is 11.2 Å². The van der Waals surface area contributed by atoms with E-state index < -0.39 is 20.5 Å². The van der Waals surface area contributed by atoms with Gasteiger partial charge in [-0.2, -0.15) is 4.31 Å². The molecule has 35 heavy (non-hydrogen) atoms. The first-order chi connectivity index (χ1) is 16.8. The zero-order chi connectivity index (χ0) is 24.6. The van der Waals surface area contributed by atoms with E-state index in [1.54, 1.807) is 4.68 Å². The molecule has 0 bridgehead atoms. The Labute approximate surface area is 199 Å². The van der Waals surface area contributed by atoms with Gasteiger partial charge in [-0.1, -0.05) is 35.5 Å². The van der Waals surface area contributed by atoms with E-state index in [0.717, 1.165) is 5.56 Å². The highest BCUT2D eigenvalue weighted by Crippen LogP contribution is 2.29. The molecule has 4 aromatic rings. The predicted octanol–water partition coefficient (Wildman–Crippen LogP) is 2.04. The van der Waals surface area contributed by atoms with Crippen LogP contribution in [-0.2, 0) is 16.6 Å². The second-order valence-corrected chi connectivity index (χ2v) is 10.2. The summed E-state index contributed by atoms with van der Waals surface area (Å²) < 4.78 is 29.2. The van der Waals surface area contributed by atoms with E-state index >= 15 is 0 Å². The Kier molecular flexibility index (Phi) is 5.86. The summed E-state index contributed by atoms with van der Waals surface area (Å²) in [7, 11) is -3.88. The zero-order valence-electron chi connectivity index (χ0n) is 18.4. The van der Waals surface area contributed by atoms with Crippen LogP contribution in [0.25, 0.3) is 11.2 Å². The van der Waals surface area contributed by atoms with Crippen molar-refractivity contribution in [2.24, 2.45) is 0 Å². The predicted molar refractivity (Wildman–Crippen MR) is 125 cm³/mol. The van der Waals surface area contributed by atoms with Crippen LogP contribution in [0.2, 0.25) is 0 Å². The Morgan fingerprint density at radius 1 is 1.11 bits per heavy atom. The first-order valence-electron chi connectivity index (χ1n) is 10.9. The topological polar surface area (TPSA) is 157 Å². The lowest BCUT2D eigenvalue weighted by atomic mass is 9.99. The van der Waals surface area contributed by atoms with E-state index in [-0.39, 0.29) is 28.6 Å². The third-order valence-corrected chi connectivity index (χ3v) is 7.90. The molecular formula is C22H21N7O5S. The fourth-order valence-corrected chi connectivity index (χ4v) is 5.74. The maximum absolute atomic E-state index is 13.2. The smallest absolute Gasteiger partial charge is 0.281 e. The van der Waals surface area contributed by atoms with Crippen LogP contribution in [-0.4, -0.2) is 55.7 Å². The summed E-state index contributed by atoms with van der Waals surface area (Å²) in [6, 6.07) is 14.4. The summed E-state index contributed by atoms with van der Waals surface area (Å²) in [5, 5.41) is 18.9. The van der Waals surface area contributed by atoms with Crippen LogP contribution in [0.15, 0.2) is 64.3 Å². The fourth-order valence-electron chi connectivity index (χ4n) is 4.21. The molecule has 2 aromatic carbocycles. The van der Waals surface area contributed by atoms with Gasteiger partial charge in [0.2, 0.25) is 10.0 Å². The molecule has 0 amide bonds. The van der Waals surface area contributed by atoms with Crippen LogP contribution in [0.1, 0.15) is 30.1 Å². The van der Waals surface area contributed by atoms with Crippen LogP contribution >= 0.6 is 0 Å². The lowest BCUT2D eigenvalue weighted by molar-refractivity contribution is -0.384. The molecule has 2 aromatic heterocycles. The number of H-pyrrole nitrogens is 1. The highest BCUT2D eigenvalue weighted by Gasteiger charge is 2.32. The summed E-state index contributed by atoms with van der Waals surface area (Å²) in [4.78, 5) is 30.4. The van der Waals surface area contributed by atoms with Gasteiger partial charge in [-0.3, -0.25) is 14.9 Å². The molecule has 13 heteroatoms. The van der Waals surface area contributed by atoms with Crippen molar-refractivity contribution >= 4 is 26.9 Å². The van der Waals surface area contributed by atoms with Crippen LogP contribution in [0, 0.1) is 10.1 Å². The minimum absolute atomic E-state index is 0.0224. The Bertz CT molecular complexity index is 1550. The van der Waals surface area contributed by atoms with Gasteiger partial charge in [-0.25, -0.2) is 18.1 Å². The fraction of sp³-hybridized carbons (Fsp3) is 0.273. The van der Waals surface area contributed by atoms with Crippen molar-refractivity contribution in [3.8, 4) is 0 Å². The van der Waals surface area contributed by atoms with E-state index in [0.29, 0.717) is 37.4 Å². The molecule has 0 aliphatic carbocycles. The maximum Gasteiger partial charge on any atom is 0.281 e. The maximum atomic E-state index is 13.2. The average molecular weight is 496 g/mol. The molecule has 1 N–H and O–H groups in total. The Balaban J connectivity index is 1.43. The van der Waals surface area contributed by atoms with E-state index in [4.69, 9.17) is 0 Å². The number of benzene rings is 2. The molecule has 3 heterocycles. The van der Waals surface area contributed by atoms with Gasteiger partial charge in [0, 0.05) is 31.1 Å². The monoisotopic (exact) mass is 495 g/mol. The zero-order valence-corrected chi connectivity index (χ0v) is 19.3. The minimum Gasteiger partial charge on any atom is -0.308 e. The second-order valence-electron chi connectivity index (χ2n) is 8.31. The average Bonchev–Trinajstić information content (AvgIpc) is 3.28. The van der Waals surface area contributed by atoms with E-state index in [9.17, 15) is 23.3 Å². The van der Waals surface area contributed by atoms with Crippen LogP contribution in [0.4, 0.5) is 5.69 Å². The Hall–Kier alpha value is -3.97. The number of non-ortho nitro benzene ring substituents is 1. The summed E-state index contributed by atoms with van der Waals surface area (Å²) in [6.07, 6.45) is 1.21. The minimum atomic E-state index is -3.88. The number of nitrogens with one attached hydrogen (secondary N) is 1. The summed E-state index contributed by atoms with van der Waals surface area (Å²) in [5.74, 6) is 0.0384. The highest BCUT2D eigenvalue weighted by atomic mass is 32.2. The van der Waals surface area contributed by atoms with Gasteiger partial charge >= 0.3 is 0 Å². The Morgan fingerprint density at radius 2 is 1.86 bits per heavy atom. The number of rotatable bonds is 6. The molecule has 180 valence electrons. The molecule has 1 aliphatic heterocycles. The molecule has 5 rings (SSSR count). The molecule has 0 saturated carbocycles. The lowest BCUT2D eigenvalue weighted by Gasteiger charge is -2.31. The number of nitro groups is 1. The number of aromatic nitrogens is 5. The molecule has 0 unspecified atom stereocenters. The van der Waals surface area contributed by atoms with Crippen molar-refractivity contribution in [1.29, 1.82) is 0 Å². The number of sulfonamides is 1. The Morgan fingerprint density at radius 3 is 2.57 bits per heavy atom. The number of hydrogen-bond donors (Lipinski definition) is 1. The van der Waals surface area contributed by atoms with Gasteiger partial charge in [0.05, 0.1) is 16.4 Å². The van der Waals surface area contributed by atoms with Crippen LogP contribution in [0.3, 0.4) is 0 Å². The SMILES string of the molecule is O=c1[nH]c([C@@H]2CCCN(S(=O)(=O)c3ccc([N+](=O)[O-])cc3)C2)nc2c1nnn2Cc1ccccc1. The van der Waals surface area contributed by atoms with Crippen molar-refractivity contribution in [2.45, 2.75) is 30.2 Å². The largest absolute Gasteiger partial charge is 0.308 e. The van der Waals surface area contributed by atoms with Crippen molar-refractivity contribution in [2.75, 3.05) is 13.1 Å². The standard InChI is InChI=1S/C22H21N7O5S/c30-22-19-21(28(26-25-19)13-15-5-2-1-3-6-15)23-20(24-22)16-7-4-12-27(14-16)35(33,34)18-10-8-17(9-11-18)29(31)32/h1-3,5-6,8-11,16H,4,7,12-14H2,(H,23,24,30)/t16-/m1/s1. The molecule has 0 radical (unpaired) electrons. The van der Waals surface area contributed by atoms with Crippen molar-refractivity contribution in [3.63, 3.8) is 0 Å². The van der Waals surface area contributed by atoms with Gasteiger partial charge < -0.3 is 4.98 Å². The van der Waals surface area contributed by atoms with Crippen LogP contribution < -0.4 is 5.56 Å². The van der Waals surface area contributed by atoms with Crippen molar-refractivity contribution < 1.29 is 13.3 Å². The number of nitrogens with zero attached hydrogens (tertiary/aromatic N) is 6. The highest BCUT2D eigenvalue weighted by molar-refractivity contribution is 7.89. The number of hydrogen-bond acceptors (Lipinski definition) is 8. The van der Waals surface area contributed by atoms with Crippen molar-refractivity contribution in [3.05, 3.63) is 86.5 Å². The summed E-state index contributed by atoms with van der Waals surface area (Å²) in [6.45, 7) is 0.808. The first kappa shape index (κ1) is 22.8. The number of fused-ring (bicyclic) bond motifs is 1. The second kappa shape index (κ2) is 9.00. The molecule has 0 spiro atoms. The third-order valence-electron chi connectivity index (χ3n) is 6.02. The van der Waals surface area contributed by atoms with Gasteiger partial charge in [-0.05, 0) is 30.5 Å². The summed E-state index contributed by atoms with van der Waals surface area (Å²) >= 11 is 0. The van der Waals surface area contributed by atoms with E-state index in [1.807, 2.05) is 30.3 Å². The summed E-state index contributed by atoms with van der Waals surface area (Å²) in [5.41, 5.74) is 0.815. The number of piperidine rings is 1. The molecule has 1 atom stereocenters. The van der Waals surface area contributed by atoms with Crippen molar-refractivity contribution in [1.82, 2.24) is 29.3 Å². The number of aromatic amines is 1. The van der Waals surface area contributed by atoms with Gasteiger partial charge in [-0.15, -0.1) is 5.10 Å². The third kappa shape index (κ3) is 4.42.